The Balaban J connectivity index is 1.56. The van der Waals surface area contributed by atoms with Crippen molar-refractivity contribution >= 4 is 45.6 Å². The molecule has 10 nitrogen and oxygen atoms in total. The summed E-state index contributed by atoms with van der Waals surface area (Å²) >= 11 is 0. The number of carbonyl (C=O) groups excluding carboxylic acids is 1. The molecule has 0 saturated heterocycles. The van der Waals surface area contributed by atoms with Gasteiger partial charge in [0.15, 0.2) is 0 Å². The topological polar surface area (TPSA) is 125 Å². The summed E-state index contributed by atoms with van der Waals surface area (Å²) in [6, 6.07) is 9.94. The molecule has 0 aliphatic rings. The monoisotopic (exact) mass is 469 g/mol. The first kappa shape index (κ1) is 21.8. The molecule has 35 heavy (non-hydrogen) atoms. The van der Waals surface area contributed by atoms with E-state index in [4.69, 9.17) is 0 Å². The number of aromatic amines is 1. The number of amides is 1. The van der Waals surface area contributed by atoms with Crippen LogP contribution in [0.15, 0.2) is 73.8 Å². The smallest absolute Gasteiger partial charge is 0.247 e. The van der Waals surface area contributed by atoms with Gasteiger partial charge in [0.2, 0.25) is 11.9 Å². The van der Waals surface area contributed by atoms with Crippen LogP contribution in [-0.4, -0.2) is 35.9 Å². The van der Waals surface area contributed by atoms with Gasteiger partial charge in [0, 0.05) is 36.1 Å². The van der Waals surface area contributed by atoms with E-state index in [1.54, 1.807) is 36.5 Å². The normalized spacial score (nSPS) is 10.8. The van der Waals surface area contributed by atoms with Gasteiger partial charge >= 0.3 is 0 Å². The number of nitrogens with zero attached hydrogens (tertiary/aromatic N) is 5. The Morgan fingerprint density at radius 3 is 2.80 bits per heavy atom. The summed E-state index contributed by atoms with van der Waals surface area (Å²) in [5.74, 6) is -0.259. The van der Waals surface area contributed by atoms with Gasteiger partial charge in [-0.15, -0.1) is 0 Å². The summed E-state index contributed by atoms with van der Waals surface area (Å²) in [5, 5.41) is 20.8. The van der Waals surface area contributed by atoms with Crippen LogP contribution in [0.1, 0.15) is 0 Å². The van der Waals surface area contributed by atoms with E-state index >= 15 is 0 Å². The number of anilines is 5. The Labute approximate surface area is 198 Å². The number of hydrogen-bond acceptors (Lipinski definition) is 7. The maximum atomic E-state index is 14.7. The molecule has 0 spiro atoms. The van der Waals surface area contributed by atoms with Crippen LogP contribution in [-0.2, 0) is 11.8 Å². The molecule has 0 unspecified atom stereocenters. The number of halogens is 1. The lowest BCUT2D eigenvalue weighted by atomic mass is 10.1. The van der Waals surface area contributed by atoms with Crippen molar-refractivity contribution in [2.24, 2.45) is 7.05 Å². The molecule has 5 rings (SSSR count). The second-order valence-corrected chi connectivity index (χ2v) is 7.67. The van der Waals surface area contributed by atoms with Crippen LogP contribution in [0.5, 0.6) is 0 Å². The van der Waals surface area contributed by atoms with E-state index in [-0.39, 0.29) is 5.69 Å². The minimum absolute atomic E-state index is 0.128. The lowest BCUT2D eigenvalue weighted by Gasteiger charge is -2.14. The molecular weight excluding hydrogens is 449 g/mol. The standard InChI is InChI=1S/C24H20FN9O/c1-3-22(35)29-16-5-6-19(25)21(9-16)31-23-18(14-4-7-20-15(8-14)10-27-33-20)12-26-24(32-23)30-17-11-28-34(2)13-17/h3-13H,1H2,2H3,(H,27,33)(H,29,35)(H2,26,30,31,32). The molecule has 174 valence electrons. The highest BCUT2D eigenvalue weighted by Crippen LogP contribution is 2.33. The van der Waals surface area contributed by atoms with E-state index in [1.165, 1.54) is 18.2 Å². The number of nitrogens with one attached hydrogen (secondary N) is 4. The van der Waals surface area contributed by atoms with Crippen molar-refractivity contribution in [1.82, 2.24) is 29.9 Å². The number of fused-ring (bicyclic) bond motifs is 1. The first-order valence-corrected chi connectivity index (χ1v) is 10.5. The quantitative estimate of drug-likeness (QED) is 0.259. The predicted molar refractivity (Wildman–Crippen MR) is 132 cm³/mol. The molecule has 1 amide bonds. The summed E-state index contributed by atoms with van der Waals surface area (Å²) in [5.41, 5.74) is 3.57. The highest BCUT2D eigenvalue weighted by Gasteiger charge is 2.14. The van der Waals surface area contributed by atoms with Gasteiger partial charge in [-0.2, -0.15) is 15.2 Å². The van der Waals surface area contributed by atoms with Crippen molar-refractivity contribution in [3.8, 4) is 11.1 Å². The third-order valence-electron chi connectivity index (χ3n) is 5.17. The fraction of sp³-hybridized carbons (Fsp3) is 0.0417. The van der Waals surface area contributed by atoms with Gasteiger partial charge < -0.3 is 16.0 Å². The molecule has 2 aromatic carbocycles. The molecule has 4 N–H and O–H groups in total. The van der Waals surface area contributed by atoms with Crippen LogP contribution in [0.3, 0.4) is 0 Å². The summed E-state index contributed by atoms with van der Waals surface area (Å²) in [6.45, 7) is 3.43. The van der Waals surface area contributed by atoms with Crippen molar-refractivity contribution in [3.63, 3.8) is 0 Å². The van der Waals surface area contributed by atoms with Crippen LogP contribution in [0.4, 0.5) is 33.2 Å². The second-order valence-electron chi connectivity index (χ2n) is 7.67. The lowest BCUT2D eigenvalue weighted by molar-refractivity contribution is -0.111. The number of hydrogen-bond donors (Lipinski definition) is 4. The van der Waals surface area contributed by atoms with Crippen LogP contribution in [0.2, 0.25) is 0 Å². The maximum Gasteiger partial charge on any atom is 0.247 e. The molecule has 0 saturated carbocycles. The molecule has 0 aliphatic heterocycles. The summed E-state index contributed by atoms with van der Waals surface area (Å²) in [4.78, 5) is 20.7. The van der Waals surface area contributed by atoms with Crippen molar-refractivity contribution in [3.05, 3.63) is 79.7 Å². The Morgan fingerprint density at radius 1 is 1.11 bits per heavy atom. The Kier molecular flexibility index (Phi) is 5.63. The fourth-order valence-corrected chi connectivity index (χ4v) is 3.49. The maximum absolute atomic E-state index is 14.7. The van der Waals surface area contributed by atoms with Crippen LogP contribution in [0.25, 0.3) is 22.0 Å². The molecule has 0 radical (unpaired) electrons. The van der Waals surface area contributed by atoms with Gasteiger partial charge in [-0.1, -0.05) is 12.6 Å². The summed E-state index contributed by atoms with van der Waals surface area (Å²) in [6.07, 6.45) is 7.93. The van der Waals surface area contributed by atoms with E-state index in [0.29, 0.717) is 28.7 Å². The zero-order valence-electron chi connectivity index (χ0n) is 18.6. The third-order valence-corrected chi connectivity index (χ3v) is 5.17. The first-order chi connectivity index (χ1) is 17.0. The highest BCUT2D eigenvalue weighted by molar-refractivity contribution is 5.99. The van der Waals surface area contributed by atoms with Crippen LogP contribution < -0.4 is 16.0 Å². The number of aromatic nitrogens is 6. The second kappa shape index (κ2) is 9.06. The third kappa shape index (κ3) is 4.69. The number of H-pyrrole nitrogens is 1. The molecule has 0 bridgehead atoms. The first-order valence-electron chi connectivity index (χ1n) is 10.5. The minimum atomic E-state index is -0.516. The number of aryl methyl sites for hydroxylation is 1. The highest BCUT2D eigenvalue weighted by atomic mass is 19.1. The average molecular weight is 469 g/mol. The average Bonchev–Trinajstić information content (AvgIpc) is 3.49. The molecule has 0 fully saturated rings. The lowest BCUT2D eigenvalue weighted by Crippen LogP contribution is -2.08. The minimum Gasteiger partial charge on any atom is -0.337 e. The van der Waals surface area contributed by atoms with Gasteiger partial charge in [0.05, 0.1) is 29.3 Å². The zero-order valence-corrected chi connectivity index (χ0v) is 18.6. The molecule has 0 aliphatic carbocycles. The number of benzene rings is 2. The zero-order chi connectivity index (χ0) is 24.4. The fourth-order valence-electron chi connectivity index (χ4n) is 3.49. The van der Waals surface area contributed by atoms with Crippen LogP contribution >= 0.6 is 0 Å². The van der Waals surface area contributed by atoms with Gasteiger partial charge in [0.1, 0.15) is 11.6 Å². The molecule has 11 heteroatoms. The summed E-state index contributed by atoms with van der Waals surface area (Å²) in [7, 11) is 1.80. The number of carbonyl (C=O) groups is 1. The summed E-state index contributed by atoms with van der Waals surface area (Å²) < 4.78 is 16.4. The van der Waals surface area contributed by atoms with Gasteiger partial charge in [-0.3, -0.25) is 14.6 Å². The van der Waals surface area contributed by atoms with Crippen molar-refractivity contribution in [1.29, 1.82) is 0 Å². The van der Waals surface area contributed by atoms with Crippen LogP contribution in [0, 0.1) is 5.82 Å². The van der Waals surface area contributed by atoms with E-state index in [1.807, 2.05) is 18.2 Å². The predicted octanol–water partition coefficient (Wildman–Crippen LogP) is 4.50. The Hall–Kier alpha value is -5.06. The van der Waals surface area contributed by atoms with E-state index in [2.05, 4.69) is 47.8 Å². The SMILES string of the molecule is C=CC(=O)Nc1ccc(F)c(Nc2nc(Nc3cnn(C)c3)ncc2-c2ccc3[nH]ncc3c2)c1. The van der Waals surface area contributed by atoms with Gasteiger partial charge in [-0.05, 0) is 42.0 Å². The molecular formula is C24H20FN9O. The molecule has 0 atom stereocenters. The van der Waals surface area contributed by atoms with E-state index < -0.39 is 11.7 Å². The molecule has 3 aromatic heterocycles. The van der Waals surface area contributed by atoms with Gasteiger partial charge in [-0.25, -0.2) is 9.37 Å². The molecule has 3 heterocycles. The number of rotatable bonds is 7. The van der Waals surface area contributed by atoms with Crippen molar-refractivity contribution in [2.75, 3.05) is 16.0 Å². The Morgan fingerprint density at radius 2 is 2.00 bits per heavy atom. The largest absolute Gasteiger partial charge is 0.337 e. The molecule has 5 aromatic rings. The van der Waals surface area contributed by atoms with Crippen molar-refractivity contribution < 1.29 is 9.18 Å². The van der Waals surface area contributed by atoms with E-state index in [9.17, 15) is 9.18 Å². The Bertz CT molecular complexity index is 1560. The van der Waals surface area contributed by atoms with Crippen molar-refractivity contribution in [2.45, 2.75) is 0 Å². The van der Waals surface area contributed by atoms with E-state index in [0.717, 1.165) is 22.5 Å². The van der Waals surface area contributed by atoms with Gasteiger partial charge in [0.25, 0.3) is 0 Å².